The Morgan fingerprint density at radius 2 is 2.21 bits per heavy atom. The van der Waals surface area contributed by atoms with Gasteiger partial charge in [0.1, 0.15) is 0 Å². The van der Waals surface area contributed by atoms with Crippen molar-refractivity contribution in [1.82, 2.24) is 10.2 Å². The molecule has 2 aliphatic rings. The average Bonchev–Trinajstić information content (AvgIpc) is 2.95. The first-order chi connectivity index (χ1) is 11.5. The third-order valence-electron chi connectivity index (χ3n) is 4.85. The molecule has 3 rings (SSSR count). The summed E-state index contributed by atoms with van der Waals surface area (Å²) in [5.74, 6) is 0.532. The molecule has 0 aromatic heterocycles. The molecule has 0 spiro atoms. The number of fused-ring (bicyclic) bond motifs is 1. The fraction of sp³-hybridized carbons (Fsp3) is 0.611. The van der Waals surface area contributed by atoms with Crippen molar-refractivity contribution in [3.05, 3.63) is 24.3 Å². The summed E-state index contributed by atoms with van der Waals surface area (Å²) in [5.41, 5.74) is 0.832. The maximum absolute atomic E-state index is 12.3. The van der Waals surface area contributed by atoms with Gasteiger partial charge in [-0.05, 0) is 36.8 Å². The molecule has 1 aromatic rings. The molecule has 1 aromatic carbocycles. The van der Waals surface area contributed by atoms with E-state index in [0.717, 1.165) is 36.7 Å². The molecular weight excluding hydrogens is 322 g/mol. The molecule has 0 bridgehead atoms. The number of carbonyl (C=O) groups excluding carboxylic acids is 1. The number of anilines is 1. The van der Waals surface area contributed by atoms with E-state index < -0.39 is 0 Å². The Balaban J connectivity index is 1.51. The van der Waals surface area contributed by atoms with Crippen LogP contribution in [0.5, 0.6) is 0 Å². The van der Waals surface area contributed by atoms with E-state index in [1.807, 2.05) is 30.5 Å². The molecule has 5 nitrogen and oxygen atoms in total. The molecule has 0 aliphatic carbocycles. The smallest absolute Gasteiger partial charge is 0.319 e. The highest BCUT2D eigenvalue weighted by molar-refractivity contribution is 7.98. The zero-order valence-corrected chi connectivity index (χ0v) is 15.4. The molecule has 3 atom stereocenters. The second-order valence-electron chi connectivity index (χ2n) is 6.99. The van der Waals surface area contributed by atoms with E-state index in [1.165, 1.54) is 0 Å². The highest BCUT2D eigenvalue weighted by atomic mass is 32.2. The van der Waals surface area contributed by atoms with E-state index in [1.54, 1.807) is 11.8 Å². The van der Waals surface area contributed by atoms with Crippen molar-refractivity contribution in [1.29, 1.82) is 0 Å². The zero-order valence-electron chi connectivity index (χ0n) is 14.6. The van der Waals surface area contributed by atoms with Crippen LogP contribution in [0.1, 0.15) is 20.3 Å². The first-order valence-corrected chi connectivity index (χ1v) is 9.85. The lowest BCUT2D eigenvalue weighted by Crippen LogP contribution is -2.48. The van der Waals surface area contributed by atoms with Crippen LogP contribution in [-0.4, -0.2) is 55.1 Å². The van der Waals surface area contributed by atoms with Crippen LogP contribution in [0.25, 0.3) is 0 Å². The molecule has 2 heterocycles. The SMILES string of the molecule is CSc1cccc(NC(=O)N[C@H]2C[C@H]3CO[C@@H](C(C)C)CN3C2)c1. The van der Waals surface area contributed by atoms with E-state index in [4.69, 9.17) is 4.74 Å². The summed E-state index contributed by atoms with van der Waals surface area (Å²) in [6.07, 6.45) is 3.30. The number of carbonyl (C=O) groups is 1. The molecule has 2 N–H and O–H groups in total. The number of rotatable bonds is 4. The number of nitrogens with one attached hydrogen (secondary N) is 2. The van der Waals surface area contributed by atoms with Gasteiger partial charge in [-0.3, -0.25) is 4.90 Å². The van der Waals surface area contributed by atoms with Gasteiger partial charge in [-0.1, -0.05) is 19.9 Å². The van der Waals surface area contributed by atoms with Gasteiger partial charge in [0, 0.05) is 35.8 Å². The molecular formula is C18H27N3O2S. The number of morpholine rings is 1. The van der Waals surface area contributed by atoms with E-state index in [9.17, 15) is 4.79 Å². The topological polar surface area (TPSA) is 53.6 Å². The lowest BCUT2D eigenvalue weighted by molar-refractivity contribution is -0.0683. The van der Waals surface area contributed by atoms with Crippen molar-refractivity contribution in [2.75, 3.05) is 31.3 Å². The van der Waals surface area contributed by atoms with Gasteiger partial charge < -0.3 is 15.4 Å². The lowest BCUT2D eigenvalue weighted by Gasteiger charge is -2.36. The molecule has 2 saturated heterocycles. The molecule has 2 amide bonds. The van der Waals surface area contributed by atoms with Crippen LogP contribution in [0, 0.1) is 5.92 Å². The lowest BCUT2D eigenvalue weighted by atomic mass is 10.0. The first-order valence-electron chi connectivity index (χ1n) is 8.62. The first kappa shape index (κ1) is 17.6. The van der Waals surface area contributed by atoms with Crippen LogP contribution >= 0.6 is 11.8 Å². The largest absolute Gasteiger partial charge is 0.375 e. The Labute approximate surface area is 148 Å². The second kappa shape index (κ2) is 7.76. The number of ether oxygens (including phenoxy) is 1. The van der Waals surface area contributed by atoms with Crippen LogP contribution in [-0.2, 0) is 4.74 Å². The summed E-state index contributed by atoms with van der Waals surface area (Å²) in [7, 11) is 0. The van der Waals surface area contributed by atoms with Crippen LogP contribution in [0.15, 0.2) is 29.2 Å². The number of hydrogen-bond donors (Lipinski definition) is 2. The highest BCUT2D eigenvalue weighted by Crippen LogP contribution is 2.26. The number of urea groups is 1. The Morgan fingerprint density at radius 1 is 1.38 bits per heavy atom. The van der Waals surface area contributed by atoms with E-state index in [2.05, 4.69) is 29.4 Å². The van der Waals surface area contributed by atoms with Crippen molar-refractivity contribution in [2.24, 2.45) is 5.92 Å². The average molecular weight is 350 g/mol. The molecule has 24 heavy (non-hydrogen) atoms. The fourth-order valence-corrected chi connectivity index (χ4v) is 3.92. The standard InChI is InChI=1S/C18H27N3O2S/c1-12(2)17-10-21-9-14(7-15(21)11-23-17)20-18(22)19-13-5-4-6-16(8-13)24-3/h4-6,8,12,14-15,17H,7,9-11H2,1-3H3,(H2,19,20,22)/t14-,15-,17+/m0/s1. The third-order valence-corrected chi connectivity index (χ3v) is 5.58. The minimum atomic E-state index is -0.126. The summed E-state index contributed by atoms with van der Waals surface area (Å²) in [6, 6.07) is 8.40. The summed E-state index contributed by atoms with van der Waals surface area (Å²) >= 11 is 1.67. The molecule has 0 unspecified atom stereocenters. The third kappa shape index (κ3) is 4.23. The van der Waals surface area contributed by atoms with Gasteiger partial charge in [0.25, 0.3) is 0 Å². The van der Waals surface area contributed by atoms with E-state index >= 15 is 0 Å². The molecule has 2 aliphatic heterocycles. The fourth-order valence-electron chi connectivity index (χ4n) is 3.46. The summed E-state index contributed by atoms with van der Waals surface area (Å²) in [6.45, 7) is 7.06. The Hall–Kier alpha value is -1.24. The van der Waals surface area contributed by atoms with Gasteiger partial charge in [-0.15, -0.1) is 11.8 Å². The number of benzene rings is 1. The van der Waals surface area contributed by atoms with Crippen molar-refractivity contribution in [3.63, 3.8) is 0 Å². The Kier molecular flexibility index (Phi) is 5.69. The zero-order chi connectivity index (χ0) is 17.1. The summed E-state index contributed by atoms with van der Waals surface area (Å²) in [5, 5.41) is 6.05. The number of thioether (sulfide) groups is 1. The van der Waals surface area contributed by atoms with Crippen molar-refractivity contribution >= 4 is 23.5 Å². The van der Waals surface area contributed by atoms with Gasteiger partial charge in [-0.2, -0.15) is 0 Å². The number of nitrogens with zero attached hydrogens (tertiary/aromatic N) is 1. The summed E-state index contributed by atoms with van der Waals surface area (Å²) in [4.78, 5) is 15.9. The number of hydrogen-bond acceptors (Lipinski definition) is 4. The molecule has 0 saturated carbocycles. The van der Waals surface area contributed by atoms with Gasteiger partial charge in [0.15, 0.2) is 0 Å². The summed E-state index contributed by atoms with van der Waals surface area (Å²) < 4.78 is 5.96. The molecule has 132 valence electrons. The van der Waals surface area contributed by atoms with Crippen molar-refractivity contribution in [3.8, 4) is 0 Å². The normalized spacial score (nSPS) is 27.1. The molecule has 6 heteroatoms. The predicted molar refractivity (Wildman–Crippen MR) is 98.7 cm³/mol. The minimum Gasteiger partial charge on any atom is -0.375 e. The minimum absolute atomic E-state index is 0.126. The van der Waals surface area contributed by atoms with Crippen LogP contribution in [0.4, 0.5) is 10.5 Å². The highest BCUT2D eigenvalue weighted by Gasteiger charge is 2.38. The maximum atomic E-state index is 12.3. The Bertz CT molecular complexity index is 581. The second-order valence-corrected chi connectivity index (χ2v) is 7.87. The van der Waals surface area contributed by atoms with Crippen LogP contribution in [0.3, 0.4) is 0 Å². The molecule has 2 fully saturated rings. The van der Waals surface area contributed by atoms with E-state index in [0.29, 0.717) is 18.1 Å². The van der Waals surface area contributed by atoms with Crippen LogP contribution < -0.4 is 10.6 Å². The van der Waals surface area contributed by atoms with Gasteiger partial charge >= 0.3 is 6.03 Å². The van der Waals surface area contributed by atoms with E-state index in [-0.39, 0.29) is 12.1 Å². The van der Waals surface area contributed by atoms with Crippen LogP contribution in [0.2, 0.25) is 0 Å². The molecule has 0 radical (unpaired) electrons. The van der Waals surface area contributed by atoms with Crippen molar-refractivity contribution < 1.29 is 9.53 Å². The van der Waals surface area contributed by atoms with Gasteiger partial charge in [0.2, 0.25) is 0 Å². The monoisotopic (exact) mass is 349 g/mol. The van der Waals surface area contributed by atoms with Gasteiger partial charge in [-0.25, -0.2) is 4.79 Å². The maximum Gasteiger partial charge on any atom is 0.319 e. The number of amides is 2. The van der Waals surface area contributed by atoms with Gasteiger partial charge in [0.05, 0.1) is 12.7 Å². The van der Waals surface area contributed by atoms with Crippen molar-refractivity contribution in [2.45, 2.75) is 43.4 Å². The predicted octanol–water partition coefficient (Wildman–Crippen LogP) is 3.03. The quantitative estimate of drug-likeness (QED) is 0.821. The Morgan fingerprint density at radius 3 is 2.96 bits per heavy atom.